The van der Waals surface area contributed by atoms with Crippen molar-refractivity contribution in [3.63, 3.8) is 0 Å². The normalized spacial score (nSPS) is 14.2. The summed E-state index contributed by atoms with van der Waals surface area (Å²) >= 11 is 0. The van der Waals surface area contributed by atoms with Gasteiger partial charge >= 0.3 is 6.03 Å². The fraction of sp³-hybridized carbons (Fsp3) is 0.533. The minimum absolute atomic E-state index is 0.0721. The van der Waals surface area contributed by atoms with E-state index in [4.69, 9.17) is 9.47 Å². The summed E-state index contributed by atoms with van der Waals surface area (Å²) in [4.78, 5) is 14.0. The molecule has 20 heavy (non-hydrogen) atoms. The van der Waals surface area contributed by atoms with Crippen molar-refractivity contribution >= 4 is 11.7 Å². The van der Waals surface area contributed by atoms with Crippen LogP contribution in [-0.4, -0.2) is 37.2 Å². The maximum atomic E-state index is 12.2. The highest BCUT2D eigenvalue weighted by molar-refractivity contribution is 5.91. The summed E-state index contributed by atoms with van der Waals surface area (Å²) < 4.78 is 11.0. The molecule has 1 N–H and O–H groups in total. The Bertz CT molecular complexity index is 456. The fourth-order valence-electron chi connectivity index (χ4n) is 2.26. The Morgan fingerprint density at radius 3 is 2.55 bits per heavy atom. The molecule has 2 rings (SSSR count). The first-order valence-corrected chi connectivity index (χ1v) is 7.20. The van der Waals surface area contributed by atoms with Crippen molar-refractivity contribution in [2.75, 3.05) is 31.6 Å². The molecule has 0 spiro atoms. The summed E-state index contributed by atoms with van der Waals surface area (Å²) in [6.07, 6.45) is 2.15. The molecule has 0 saturated carbocycles. The molecule has 1 aromatic carbocycles. The predicted molar refractivity (Wildman–Crippen MR) is 78.6 cm³/mol. The molecule has 0 aromatic heterocycles. The van der Waals surface area contributed by atoms with Gasteiger partial charge in [-0.2, -0.15) is 0 Å². The lowest BCUT2D eigenvalue weighted by atomic mass is 10.2. The van der Waals surface area contributed by atoms with Gasteiger partial charge in [0.2, 0.25) is 0 Å². The Hall–Kier alpha value is -1.91. The molecule has 5 heteroatoms. The number of likely N-dealkylation sites (tertiary alicyclic amines) is 1. The van der Waals surface area contributed by atoms with Crippen LogP contribution in [0.2, 0.25) is 0 Å². The minimum Gasteiger partial charge on any atom is -0.494 e. The smallest absolute Gasteiger partial charge is 0.321 e. The van der Waals surface area contributed by atoms with Crippen LogP contribution in [-0.2, 0) is 0 Å². The lowest BCUT2D eigenvalue weighted by Crippen LogP contribution is -2.32. The van der Waals surface area contributed by atoms with Crippen molar-refractivity contribution in [2.24, 2.45) is 0 Å². The molecule has 0 atom stereocenters. The standard InChI is InChI=1S/C15H22N2O3/c1-3-19-12-7-8-14(20-4-2)13(11-12)16-15(18)17-9-5-6-10-17/h7-8,11H,3-6,9-10H2,1-2H3,(H,16,18). The number of hydrogen-bond acceptors (Lipinski definition) is 3. The van der Waals surface area contributed by atoms with E-state index in [2.05, 4.69) is 5.32 Å². The zero-order valence-electron chi connectivity index (χ0n) is 12.1. The molecule has 0 unspecified atom stereocenters. The number of anilines is 1. The SMILES string of the molecule is CCOc1ccc(OCC)c(NC(=O)N2CCCC2)c1. The van der Waals surface area contributed by atoms with E-state index in [0.29, 0.717) is 24.7 Å². The monoisotopic (exact) mass is 278 g/mol. The third-order valence-electron chi connectivity index (χ3n) is 3.20. The Morgan fingerprint density at radius 2 is 1.90 bits per heavy atom. The molecule has 110 valence electrons. The second-order valence-corrected chi connectivity index (χ2v) is 4.65. The molecule has 2 amide bonds. The van der Waals surface area contributed by atoms with Gasteiger partial charge in [0, 0.05) is 19.2 Å². The largest absolute Gasteiger partial charge is 0.494 e. The average molecular weight is 278 g/mol. The number of urea groups is 1. The van der Waals surface area contributed by atoms with E-state index in [0.717, 1.165) is 31.7 Å². The van der Waals surface area contributed by atoms with E-state index < -0.39 is 0 Å². The van der Waals surface area contributed by atoms with Gasteiger partial charge in [-0.25, -0.2) is 4.79 Å². The van der Waals surface area contributed by atoms with E-state index in [-0.39, 0.29) is 6.03 Å². The Morgan fingerprint density at radius 1 is 1.20 bits per heavy atom. The summed E-state index contributed by atoms with van der Waals surface area (Å²) in [6, 6.07) is 5.41. The quantitative estimate of drug-likeness (QED) is 0.900. The molecular formula is C15H22N2O3. The first kappa shape index (κ1) is 14.5. The summed E-state index contributed by atoms with van der Waals surface area (Å²) in [5.41, 5.74) is 0.662. The summed E-state index contributed by atoms with van der Waals surface area (Å²) in [5.74, 6) is 1.40. The van der Waals surface area contributed by atoms with Crippen LogP contribution >= 0.6 is 0 Å². The average Bonchev–Trinajstić information content (AvgIpc) is 2.96. The number of nitrogens with one attached hydrogen (secondary N) is 1. The van der Waals surface area contributed by atoms with E-state index in [1.54, 1.807) is 0 Å². The number of nitrogens with zero attached hydrogens (tertiary/aromatic N) is 1. The zero-order valence-corrected chi connectivity index (χ0v) is 12.1. The molecule has 1 aliphatic heterocycles. The van der Waals surface area contributed by atoms with Gasteiger partial charge in [-0.15, -0.1) is 0 Å². The van der Waals surface area contributed by atoms with Gasteiger partial charge in [-0.1, -0.05) is 0 Å². The maximum Gasteiger partial charge on any atom is 0.321 e. The number of carbonyl (C=O) groups excluding carboxylic acids is 1. The van der Waals surface area contributed by atoms with Gasteiger partial charge in [0.15, 0.2) is 0 Å². The van der Waals surface area contributed by atoms with Crippen LogP contribution in [0.25, 0.3) is 0 Å². The van der Waals surface area contributed by atoms with Gasteiger partial charge in [-0.3, -0.25) is 0 Å². The van der Waals surface area contributed by atoms with Crippen LogP contribution in [0.1, 0.15) is 26.7 Å². The summed E-state index contributed by atoms with van der Waals surface area (Å²) in [5, 5.41) is 2.92. The zero-order chi connectivity index (χ0) is 14.4. The Kier molecular flexibility index (Phi) is 5.09. The number of carbonyl (C=O) groups is 1. The van der Waals surface area contributed by atoms with E-state index in [1.807, 2.05) is 36.9 Å². The first-order valence-electron chi connectivity index (χ1n) is 7.20. The number of amides is 2. The number of rotatable bonds is 5. The summed E-state index contributed by atoms with van der Waals surface area (Å²) in [7, 11) is 0. The molecule has 0 aliphatic carbocycles. The highest BCUT2D eigenvalue weighted by atomic mass is 16.5. The molecule has 5 nitrogen and oxygen atoms in total. The maximum absolute atomic E-state index is 12.2. The van der Waals surface area contributed by atoms with Crippen LogP contribution in [0.3, 0.4) is 0 Å². The molecule has 1 aliphatic rings. The van der Waals surface area contributed by atoms with Crippen molar-refractivity contribution in [3.05, 3.63) is 18.2 Å². The van der Waals surface area contributed by atoms with Crippen LogP contribution < -0.4 is 14.8 Å². The second-order valence-electron chi connectivity index (χ2n) is 4.65. The lowest BCUT2D eigenvalue weighted by Gasteiger charge is -2.18. The van der Waals surface area contributed by atoms with Crippen LogP contribution in [0.5, 0.6) is 11.5 Å². The van der Waals surface area contributed by atoms with Crippen molar-refractivity contribution in [2.45, 2.75) is 26.7 Å². The van der Waals surface area contributed by atoms with Crippen LogP contribution in [0.15, 0.2) is 18.2 Å². The Labute approximate surface area is 119 Å². The van der Waals surface area contributed by atoms with Gasteiger partial charge < -0.3 is 19.7 Å². The number of benzene rings is 1. The lowest BCUT2D eigenvalue weighted by molar-refractivity contribution is 0.222. The van der Waals surface area contributed by atoms with Crippen molar-refractivity contribution < 1.29 is 14.3 Å². The highest BCUT2D eigenvalue weighted by Crippen LogP contribution is 2.30. The van der Waals surface area contributed by atoms with Crippen molar-refractivity contribution in [1.29, 1.82) is 0 Å². The number of ether oxygens (including phenoxy) is 2. The van der Waals surface area contributed by atoms with Gasteiger partial charge in [-0.05, 0) is 38.8 Å². The summed E-state index contributed by atoms with van der Waals surface area (Å²) in [6.45, 7) is 6.64. The molecule has 1 heterocycles. The van der Waals surface area contributed by atoms with Gasteiger partial charge in [0.25, 0.3) is 0 Å². The van der Waals surface area contributed by atoms with Crippen molar-refractivity contribution in [3.8, 4) is 11.5 Å². The second kappa shape index (κ2) is 7.03. The highest BCUT2D eigenvalue weighted by Gasteiger charge is 2.19. The Balaban J connectivity index is 2.13. The minimum atomic E-state index is -0.0721. The van der Waals surface area contributed by atoms with Crippen LogP contribution in [0, 0.1) is 0 Å². The first-order chi connectivity index (χ1) is 9.74. The van der Waals surface area contributed by atoms with Crippen molar-refractivity contribution in [1.82, 2.24) is 4.90 Å². The van der Waals surface area contributed by atoms with Crippen LogP contribution in [0.4, 0.5) is 10.5 Å². The van der Waals surface area contributed by atoms with E-state index in [9.17, 15) is 4.79 Å². The molecule has 0 bridgehead atoms. The molecular weight excluding hydrogens is 256 g/mol. The molecule has 1 aromatic rings. The topological polar surface area (TPSA) is 50.8 Å². The predicted octanol–water partition coefficient (Wildman–Crippen LogP) is 3.11. The van der Waals surface area contributed by atoms with E-state index >= 15 is 0 Å². The van der Waals surface area contributed by atoms with Gasteiger partial charge in [0.1, 0.15) is 11.5 Å². The third kappa shape index (κ3) is 3.56. The molecule has 0 radical (unpaired) electrons. The van der Waals surface area contributed by atoms with Gasteiger partial charge in [0.05, 0.1) is 18.9 Å². The number of hydrogen-bond donors (Lipinski definition) is 1. The van der Waals surface area contributed by atoms with E-state index in [1.165, 1.54) is 0 Å². The fourth-order valence-corrected chi connectivity index (χ4v) is 2.26. The molecule has 1 fully saturated rings. The third-order valence-corrected chi connectivity index (χ3v) is 3.20. The molecule has 1 saturated heterocycles.